The number of rotatable bonds is 5. The topological polar surface area (TPSA) is 41.9 Å². The Kier molecular flexibility index (Phi) is 5.36. The SMILES string of the molecule is CC(CCN(C)C)=NOC(=O)c1ccccc1. The molecule has 0 aliphatic carbocycles. The first-order valence-corrected chi connectivity index (χ1v) is 5.54. The summed E-state index contributed by atoms with van der Waals surface area (Å²) in [5.74, 6) is -0.421. The van der Waals surface area contributed by atoms with Gasteiger partial charge in [-0.1, -0.05) is 23.4 Å². The molecule has 0 saturated heterocycles. The zero-order chi connectivity index (χ0) is 12.7. The van der Waals surface area contributed by atoms with Crippen molar-refractivity contribution in [3.05, 3.63) is 35.9 Å². The molecular formula is C13H18N2O2. The molecule has 0 bridgehead atoms. The molecule has 0 heterocycles. The van der Waals surface area contributed by atoms with Gasteiger partial charge in [0.05, 0.1) is 11.3 Å². The molecule has 0 aromatic heterocycles. The predicted octanol–water partition coefficient (Wildman–Crippen LogP) is 2.17. The second-order valence-electron chi connectivity index (χ2n) is 4.12. The Hall–Kier alpha value is -1.68. The van der Waals surface area contributed by atoms with Crippen molar-refractivity contribution in [3.8, 4) is 0 Å². The van der Waals surface area contributed by atoms with Crippen LogP contribution >= 0.6 is 0 Å². The van der Waals surface area contributed by atoms with E-state index < -0.39 is 5.97 Å². The average Bonchev–Trinajstić information content (AvgIpc) is 2.34. The molecule has 17 heavy (non-hydrogen) atoms. The van der Waals surface area contributed by atoms with Gasteiger partial charge in [-0.25, -0.2) is 4.79 Å². The van der Waals surface area contributed by atoms with Gasteiger partial charge in [-0.2, -0.15) is 0 Å². The predicted molar refractivity (Wildman–Crippen MR) is 68.1 cm³/mol. The van der Waals surface area contributed by atoms with Crippen molar-refractivity contribution in [1.29, 1.82) is 0 Å². The Bertz CT molecular complexity index is 386. The summed E-state index contributed by atoms with van der Waals surface area (Å²) in [5, 5.41) is 3.81. The second-order valence-corrected chi connectivity index (χ2v) is 4.12. The van der Waals surface area contributed by atoms with Crippen molar-refractivity contribution < 1.29 is 9.63 Å². The summed E-state index contributed by atoms with van der Waals surface area (Å²) >= 11 is 0. The van der Waals surface area contributed by atoms with Gasteiger partial charge in [0.15, 0.2) is 0 Å². The first-order chi connectivity index (χ1) is 8.09. The van der Waals surface area contributed by atoms with Gasteiger partial charge in [0.1, 0.15) is 0 Å². The van der Waals surface area contributed by atoms with Crippen LogP contribution in [0.15, 0.2) is 35.5 Å². The van der Waals surface area contributed by atoms with Crippen LogP contribution in [0.5, 0.6) is 0 Å². The van der Waals surface area contributed by atoms with Gasteiger partial charge in [0.25, 0.3) is 0 Å². The van der Waals surface area contributed by atoms with E-state index in [2.05, 4.69) is 10.1 Å². The molecule has 0 aliphatic rings. The van der Waals surface area contributed by atoms with E-state index in [1.165, 1.54) is 0 Å². The molecule has 0 aliphatic heterocycles. The van der Waals surface area contributed by atoms with E-state index in [1.807, 2.05) is 27.1 Å². The molecule has 0 fully saturated rings. The highest BCUT2D eigenvalue weighted by Gasteiger charge is 2.05. The minimum Gasteiger partial charge on any atom is -0.313 e. The fourth-order valence-electron chi connectivity index (χ4n) is 1.18. The van der Waals surface area contributed by atoms with Crippen LogP contribution in [0.4, 0.5) is 0 Å². The molecule has 1 rings (SSSR count). The average molecular weight is 234 g/mol. The van der Waals surface area contributed by atoms with E-state index in [0.29, 0.717) is 5.56 Å². The maximum absolute atomic E-state index is 11.5. The molecular weight excluding hydrogens is 216 g/mol. The first-order valence-electron chi connectivity index (χ1n) is 5.54. The van der Waals surface area contributed by atoms with Crippen LogP contribution in [0, 0.1) is 0 Å². The minimum absolute atomic E-state index is 0.421. The minimum atomic E-state index is -0.421. The van der Waals surface area contributed by atoms with Gasteiger partial charge in [-0.3, -0.25) is 0 Å². The Balaban J connectivity index is 2.44. The zero-order valence-electron chi connectivity index (χ0n) is 10.5. The van der Waals surface area contributed by atoms with Crippen LogP contribution in [0.1, 0.15) is 23.7 Å². The van der Waals surface area contributed by atoms with Gasteiger partial charge in [0.2, 0.25) is 0 Å². The second kappa shape index (κ2) is 6.81. The molecule has 0 N–H and O–H groups in total. The van der Waals surface area contributed by atoms with E-state index in [9.17, 15) is 4.79 Å². The molecule has 4 heteroatoms. The van der Waals surface area contributed by atoms with Crippen LogP contribution in [0.2, 0.25) is 0 Å². The monoisotopic (exact) mass is 234 g/mol. The van der Waals surface area contributed by atoms with Crippen molar-refractivity contribution in [2.24, 2.45) is 5.16 Å². The molecule has 0 amide bonds. The fourth-order valence-corrected chi connectivity index (χ4v) is 1.18. The zero-order valence-corrected chi connectivity index (χ0v) is 10.5. The number of hydrogen-bond acceptors (Lipinski definition) is 4. The lowest BCUT2D eigenvalue weighted by Gasteiger charge is -2.07. The number of carbonyl (C=O) groups is 1. The van der Waals surface area contributed by atoms with E-state index in [-0.39, 0.29) is 0 Å². The number of carbonyl (C=O) groups excluding carboxylic acids is 1. The normalized spacial score (nSPS) is 11.6. The van der Waals surface area contributed by atoms with Crippen LogP contribution in [0.3, 0.4) is 0 Å². The number of benzene rings is 1. The van der Waals surface area contributed by atoms with Gasteiger partial charge in [0, 0.05) is 13.0 Å². The lowest BCUT2D eigenvalue weighted by Crippen LogP contribution is -2.15. The van der Waals surface area contributed by atoms with Crippen molar-refractivity contribution in [2.45, 2.75) is 13.3 Å². The van der Waals surface area contributed by atoms with Crippen LogP contribution in [-0.4, -0.2) is 37.2 Å². The highest BCUT2D eigenvalue weighted by molar-refractivity contribution is 5.90. The maximum atomic E-state index is 11.5. The molecule has 0 atom stereocenters. The van der Waals surface area contributed by atoms with E-state index in [0.717, 1.165) is 18.7 Å². The standard InChI is InChI=1S/C13H18N2O2/c1-11(9-10-15(2)3)14-17-13(16)12-7-5-4-6-8-12/h4-8H,9-10H2,1-3H3. The summed E-state index contributed by atoms with van der Waals surface area (Å²) < 4.78 is 0. The molecule has 0 unspecified atom stereocenters. The van der Waals surface area contributed by atoms with Gasteiger partial charge in [-0.05, 0) is 33.2 Å². The van der Waals surface area contributed by atoms with Crippen LogP contribution in [0.25, 0.3) is 0 Å². The molecule has 0 spiro atoms. The molecule has 1 aromatic carbocycles. The Morgan fingerprint density at radius 3 is 2.53 bits per heavy atom. The molecule has 4 nitrogen and oxygen atoms in total. The van der Waals surface area contributed by atoms with E-state index in [1.54, 1.807) is 24.3 Å². The number of hydrogen-bond donors (Lipinski definition) is 0. The molecule has 92 valence electrons. The third-order valence-electron chi connectivity index (χ3n) is 2.21. The van der Waals surface area contributed by atoms with Crippen molar-refractivity contribution in [1.82, 2.24) is 4.90 Å². The summed E-state index contributed by atoms with van der Waals surface area (Å²) in [7, 11) is 3.98. The number of nitrogens with zero attached hydrogens (tertiary/aromatic N) is 2. The summed E-state index contributed by atoms with van der Waals surface area (Å²) in [6.45, 7) is 2.74. The Morgan fingerprint density at radius 2 is 1.94 bits per heavy atom. The maximum Gasteiger partial charge on any atom is 0.365 e. The Labute approximate surface area is 102 Å². The lowest BCUT2D eigenvalue weighted by atomic mass is 10.2. The Morgan fingerprint density at radius 1 is 1.29 bits per heavy atom. The fraction of sp³-hybridized carbons (Fsp3) is 0.385. The van der Waals surface area contributed by atoms with Crippen molar-refractivity contribution in [3.63, 3.8) is 0 Å². The van der Waals surface area contributed by atoms with Crippen molar-refractivity contribution >= 4 is 11.7 Å². The summed E-state index contributed by atoms with van der Waals surface area (Å²) in [6.07, 6.45) is 0.787. The van der Waals surface area contributed by atoms with Gasteiger partial charge < -0.3 is 9.74 Å². The molecule has 0 radical (unpaired) electrons. The van der Waals surface area contributed by atoms with E-state index >= 15 is 0 Å². The number of oxime groups is 1. The van der Waals surface area contributed by atoms with Crippen LogP contribution in [-0.2, 0) is 4.84 Å². The molecule has 0 saturated carbocycles. The highest BCUT2D eigenvalue weighted by Crippen LogP contribution is 2.01. The largest absolute Gasteiger partial charge is 0.365 e. The molecule has 1 aromatic rings. The van der Waals surface area contributed by atoms with E-state index in [4.69, 9.17) is 4.84 Å². The smallest absolute Gasteiger partial charge is 0.313 e. The van der Waals surface area contributed by atoms with Gasteiger partial charge in [-0.15, -0.1) is 0 Å². The summed E-state index contributed by atoms with van der Waals surface area (Å²) in [5.41, 5.74) is 1.32. The van der Waals surface area contributed by atoms with Crippen molar-refractivity contribution in [2.75, 3.05) is 20.6 Å². The highest BCUT2D eigenvalue weighted by atomic mass is 16.7. The quantitative estimate of drug-likeness (QED) is 0.445. The first kappa shape index (κ1) is 13.4. The van der Waals surface area contributed by atoms with Crippen LogP contribution < -0.4 is 0 Å². The summed E-state index contributed by atoms with van der Waals surface area (Å²) in [6, 6.07) is 8.83. The van der Waals surface area contributed by atoms with Gasteiger partial charge >= 0.3 is 5.97 Å². The lowest BCUT2D eigenvalue weighted by molar-refractivity contribution is 0.0515. The summed E-state index contributed by atoms with van der Waals surface area (Å²) in [4.78, 5) is 18.5. The third kappa shape index (κ3) is 5.26. The third-order valence-corrected chi connectivity index (χ3v) is 2.21.